The minimum Gasteiger partial charge on any atom is -0.395 e. The van der Waals surface area contributed by atoms with Gasteiger partial charge in [0.2, 0.25) is 0 Å². The Bertz CT molecular complexity index is 281. The van der Waals surface area contributed by atoms with Crippen LogP contribution in [0.4, 0.5) is 0 Å². The van der Waals surface area contributed by atoms with Crippen molar-refractivity contribution in [3.05, 3.63) is 24.0 Å². The number of rotatable bonds is 5. The van der Waals surface area contributed by atoms with Crippen molar-refractivity contribution in [1.29, 1.82) is 0 Å². The van der Waals surface area contributed by atoms with Crippen molar-refractivity contribution in [2.45, 2.75) is 0 Å². The van der Waals surface area contributed by atoms with Gasteiger partial charge in [-0.15, -0.1) is 0 Å². The molecule has 0 bridgehead atoms. The first-order chi connectivity index (χ1) is 6.24. The molecule has 4 heteroatoms. The summed E-state index contributed by atoms with van der Waals surface area (Å²) < 4.78 is 1.83. The molecule has 72 valence electrons. The van der Waals surface area contributed by atoms with Gasteiger partial charge in [-0.1, -0.05) is 0 Å². The molecule has 4 nitrogen and oxygen atoms in total. The van der Waals surface area contributed by atoms with Gasteiger partial charge in [-0.2, -0.15) is 0 Å². The maximum Gasteiger partial charge on any atom is 0.178 e. The van der Waals surface area contributed by atoms with Crippen molar-refractivity contribution in [2.24, 2.45) is 7.05 Å². The van der Waals surface area contributed by atoms with E-state index in [4.69, 9.17) is 5.11 Å². The Labute approximate surface area is 77.2 Å². The van der Waals surface area contributed by atoms with Gasteiger partial charge >= 0.3 is 0 Å². The summed E-state index contributed by atoms with van der Waals surface area (Å²) in [6, 6.07) is 1.78. The number of nitrogens with one attached hydrogen (secondary N) is 1. The maximum atomic E-state index is 11.4. The van der Waals surface area contributed by atoms with E-state index in [0.29, 0.717) is 12.1 Å². The molecule has 0 aliphatic rings. The van der Waals surface area contributed by atoms with Crippen LogP contribution in [-0.2, 0) is 7.05 Å². The monoisotopic (exact) mass is 182 g/mol. The maximum absolute atomic E-state index is 11.4. The van der Waals surface area contributed by atoms with E-state index in [-0.39, 0.29) is 18.9 Å². The van der Waals surface area contributed by atoms with E-state index in [1.54, 1.807) is 12.3 Å². The highest BCUT2D eigenvalue weighted by Crippen LogP contribution is 1.99. The number of aliphatic hydroxyl groups excluding tert-OH is 1. The van der Waals surface area contributed by atoms with Crippen molar-refractivity contribution >= 4 is 5.78 Å². The highest BCUT2D eigenvalue weighted by Gasteiger charge is 2.05. The van der Waals surface area contributed by atoms with Gasteiger partial charge in [-0.05, 0) is 6.07 Å². The average molecular weight is 182 g/mol. The molecule has 2 N–H and O–H groups in total. The summed E-state index contributed by atoms with van der Waals surface area (Å²) in [5.74, 6) is 0.0500. The van der Waals surface area contributed by atoms with Crippen molar-refractivity contribution in [1.82, 2.24) is 9.88 Å². The van der Waals surface area contributed by atoms with E-state index in [2.05, 4.69) is 5.32 Å². The fraction of sp³-hybridized carbons (Fsp3) is 0.444. The number of carbonyl (C=O) groups is 1. The summed E-state index contributed by atoms with van der Waals surface area (Å²) in [6.45, 7) is 0.797. The van der Waals surface area contributed by atoms with Gasteiger partial charge in [0.1, 0.15) is 0 Å². The normalized spacial score (nSPS) is 10.3. The summed E-state index contributed by atoms with van der Waals surface area (Å²) in [7, 11) is 1.87. The van der Waals surface area contributed by atoms with Gasteiger partial charge in [0.25, 0.3) is 0 Å². The first kappa shape index (κ1) is 9.95. The summed E-state index contributed by atoms with van der Waals surface area (Å²) in [5, 5.41) is 11.3. The number of aliphatic hydroxyl groups is 1. The van der Waals surface area contributed by atoms with Crippen LogP contribution >= 0.6 is 0 Å². The SMILES string of the molecule is Cn1ccc(C(=O)CNCCO)c1. The predicted molar refractivity (Wildman–Crippen MR) is 49.7 cm³/mol. The topological polar surface area (TPSA) is 54.3 Å². The quantitative estimate of drug-likeness (QED) is 0.489. The Balaban J connectivity index is 2.40. The van der Waals surface area contributed by atoms with Crippen LogP contribution in [0.1, 0.15) is 10.4 Å². The molecule has 0 aliphatic heterocycles. The smallest absolute Gasteiger partial charge is 0.178 e. The number of hydrogen-bond acceptors (Lipinski definition) is 3. The molecular weight excluding hydrogens is 168 g/mol. The van der Waals surface area contributed by atoms with Gasteiger partial charge in [0.05, 0.1) is 13.2 Å². The van der Waals surface area contributed by atoms with Crippen molar-refractivity contribution in [3.63, 3.8) is 0 Å². The minimum absolute atomic E-state index is 0.0500. The predicted octanol–water partition coefficient (Wildman–Crippen LogP) is -0.210. The average Bonchev–Trinajstić information content (AvgIpc) is 2.52. The Hall–Kier alpha value is -1.13. The molecular formula is C9H14N2O2. The Kier molecular flexibility index (Phi) is 3.67. The number of Topliss-reactive ketones (excluding diaryl/α,β-unsaturated/α-hetero) is 1. The fourth-order valence-electron chi connectivity index (χ4n) is 1.05. The lowest BCUT2D eigenvalue weighted by Crippen LogP contribution is -2.25. The van der Waals surface area contributed by atoms with Gasteiger partial charge in [0.15, 0.2) is 5.78 Å². The van der Waals surface area contributed by atoms with Gasteiger partial charge in [0, 0.05) is 31.5 Å². The van der Waals surface area contributed by atoms with Crippen LogP contribution in [-0.4, -0.2) is 35.2 Å². The van der Waals surface area contributed by atoms with E-state index < -0.39 is 0 Å². The van der Waals surface area contributed by atoms with Gasteiger partial charge < -0.3 is 15.0 Å². The lowest BCUT2D eigenvalue weighted by molar-refractivity contribution is 0.0989. The highest BCUT2D eigenvalue weighted by molar-refractivity contribution is 5.97. The van der Waals surface area contributed by atoms with Crippen LogP contribution in [0.15, 0.2) is 18.5 Å². The van der Waals surface area contributed by atoms with Crippen molar-refractivity contribution in [3.8, 4) is 0 Å². The first-order valence-corrected chi connectivity index (χ1v) is 4.21. The first-order valence-electron chi connectivity index (χ1n) is 4.21. The molecule has 0 radical (unpaired) electrons. The molecule has 0 aliphatic carbocycles. The summed E-state index contributed by atoms with van der Waals surface area (Å²) in [6.07, 6.45) is 3.61. The van der Waals surface area contributed by atoms with Crippen LogP contribution in [0.2, 0.25) is 0 Å². The van der Waals surface area contributed by atoms with Crippen molar-refractivity contribution < 1.29 is 9.90 Å². The summed E-state index contributed by atoms with van der Waals surface area (Å²) in [4.78, 5) is 11.4. The highest BCUT2D eigenvalue weighted by atomic mass is 16.3. The molecule has 1 rings (SSSR count). The Morgan fingerprint density at radius 1 is 1.69 bits per heavy atom. The Morgan fingerprint density at radius 3 is 3.00 bits per heavy atom. The molecule has 0 atom stereocenters. The van der Waals surface area contributed by atoms with E-state index >= 15 is 0 Å². The van der Waals surface area contributed by atoms with Crippen LogP contribution in [0, 0.1) is 0 Å². The molecule has 0 fully saturated rings. The zero-order valence-electron chi connectivity index (χ0n) is 7.66. The molecule has 13 heavy (non-hydrogen) atoms. The minimum atomic E-state index is 0.0500. The van der Waals surface area contributed by atoms with Crippen LogP contribution in [0.25, 0.3) is 0 Å². The lowest BCUT2D eigenvalue weighted by Gasteiger charge is -1.99. The molecule has 1 aromatic heterocycles. The largest absolute Gasteiger partial charge is 0.395 e. The molecule has 0 saturated heterocycles. The fourth-order valence-corrected chi connectivity index (χ4v) is 1.05. The molecule has 0 saturated carbocycles. The second-order valence-electron chi connectivity index (χ2n) is 2.89. The number of nitrogens with zero attached hydrogens (tertiary/aromatic N) is 1. The van der Waals surface area contributed by atoms with Crippen LogP contribution < -0.4 is 5.32 Å². The summed E-state index contributed by atoms with van der Waals surface area (Å²) in [5.41, 5.74) is 0.702. The molecule has 0 amide bonds. The van der Waals surface area contributed by atoms with E-state index in [1.807, 2.05) is 17.8 Å². The molecule has 0 spiro atoms. The zero-order valence-corrected chi connectivity index (χ0v) is 7.66. The standard InChI is InChI=1S/C9H14N2O2/c1-11-4-2-8(7-11)9(13)6-10-3-5-12/h2,4,7,10,12H,3,5-6H2,1H3. The number of aromatic nitrogens is 1. The number of ketones is 1. The molecule has 1 heterocycles. The van der Waals surface area contributed by atoms with E-state index in [9.17, 15) is 4.79 Å². The summed E-state index contributed by atoms with van der Waals surface area (Å²) >= 11 is 0. The Morgan fingerprint density at radius 2 is 2.46 bits per heavy atom. The second-order valence-corrected chi connectivity index (χ2v) is 2.89. The number of carbonyl (C=O) groups excluding carboxylic acids is 1. The molecule has 1 aromatic rings. The third-order valence-corrected chi connectivity index (χ3v) is 1.73. The second kappa shape index (κ2) is 4.79. The number of hydrogen-bond donors (Lipinski definition) is 2. The molecule has 0 aromatic carbocycles. The lowest BCUT2D eigenvalue weighted by atomic mass is 10.2. The van der Waals surface area contributed by atoms with E-state index in [1.165, 1.54) is 0 Å². The van der Waals surface area contributed by atoms with Gasteiger partial charge in [-0.25, -0.2) is 0 Å². The van der Waals surface area contributed by atoms with Crippen molar-refractivity contribution in [2.75, 3.05) is 19.7 Å². The van der Waals surface area contributed by atoms with Gasteiger partial charge in [-0.3, -0.25) is 4.79 Å². The third kappa shape index (κ3) is 3.01. The zero-order chi connectivity index (χ0) is 9.68. The van der Waals surface area contributed by atoms with Crippen LogP contribution in [0.3, 0.4) is 0 Å². The van der Waals surface area contributed by atoms with E-state index in [0.717, 1.165) is 0 Å². The molecule has 0 unspecified atom stereocenters. The third-order valence-electron chi connectivity index (χ3n) is 1.73. The number of aryl methyl sites for hydroxylation is 1. The van der Waals surface area contributed by atoms with Crippen LogP contribution in [0.5, 0.6) is 0 Å².